The summed E-state index contributed by atoms with van der Waals surface area (Å²) in [5.74, 6) is -4.24. The van der Waals surface area contributed by atoms with E-state index in [1.807, 2.05) is 0 Å². The lowest BCUT2D eigenvalue weighted by Gasteiger charge is -2.02. The quantitative estimate of drug-likeness (QED) is 0.712. The van der Waals surface area contributed by atoms with Gasteiger partial charge in [-0.2, -0.15) is 5.10 Å². The van der Waals surface area contributed by atoms with Crippen LogP contribution in [-0.2, 0) is 0 Å². The van der Waals surface area contributed by atoms with Crippen LogP contribution in [0.4, 0.5) is 13.2 Å². The van der Waals surface area contributed by atoms with Gasteiger partial charge < -0.3 is 5.73 Å². The summed E-state index contributed by atoms with van der Waals surface area (Å²) in [5, 5.41) is 5.98. The Morgan fingerprint density at radius 1 is 1.00 bits per heavy atom. The zero-order chi connectivity index (χ0) is 16.8. The third-order valence-electron chi connectivity index (χ3n) is 2.87. The molecule has 23 heavy (non-hydrogen) atoms. The molecule has 0 saturated heterocycles. The van der Waals surface area contributed by atoms with E-state index in [0.717, 1.165) is 12.1 Å². The second-order valence-corrected chi connectivity index (χ2v) is 4.47. The van der Waals surface area contributed by atoms with Crippen LogP contribution in [0.5, 0.6) is 0 Å². The van der Waals surface area contributed by atoms with Crippen LogP contribution in [-0.4, -0.2) is 16.1 Å². The number of rotatable bonds is 2. The predicted molar refractivity (Wildman–Crippen MR) is 78.9 cm³/mol. The van der Waals surface area contributed by atoms with Crippen molar-refractivity contribution in [2.45, 2.75) is 0 Å². The topological polar surface area (TPSA) is 71.8 Å². The number of hydrogen-bond donors (Lipinski definition) is 2. The Kier molecular flexibility index (Phi) is 5.14. The number of H-pyrrole nitrogens is 1. The largest absolute Gasteiger partial charge is 0.366 e. The molecule has 0 radical (unpaired) electrons. The normalized spacial score (nSPS) is 9.87. The minimum absolute atomic E-state index is 0.326. The number of nitrogens with two attached hydrogens (primary N) is 1. The molecule has 0 aliphatic rings. The van der Waals surface area contributed by atoms with E-state index in [0.29, 0.717) is 16.7 Å². The number of primary amides is 1. The highest BCUT2D eigenvalue weighted by Gasteiger charge is 2.10. The number of amides is 1. The number of hydrogen-bond acceptors (Lipinski definition) is 2. The zero-order valence-corrected chi connectivity index (χ0v) is 11.8. The van der Waals surface area contributed by atoms with E-state index < -0.39 is 23.4 Å². The standard InChI is InChI=1S/C12H7F3.C4H5N3O/c13-10-6-9(7-11(14)12(10)15)8-4-2-1-3-5-8;5-4(8)3-1-6-7-2-3/h1-7H;1-2H,(H2,5,8)(H,6,7). The molecule has 2 aromatic carbocycles. The van der Waals surface area contributed by atoms with Crippen LogP contribution >= 0.6 is 0 Å². The van der Waals surface area contributed by atoms with Crippen LogP contribution < -0.4 is 5.73 Å². The summed E-state index contributed by atoms with van der Waals surface area (Å²) >= 11 is 0. The van der Waals surface area contributed by atoms with Crippen LogP contribution in [0.2, 0.25) is 0 Å². The number of carbonyl (C=O) groups excluding carboxylic acids is 1. The maximum atomic E-state index is 12.9. The molecular weight excluding hydrogens is 307 g/mol. The molecule has 118 valence electrons. The van der Waals surface area contributed by atoms with E-state index in [2.05, 4.69) is 10.2 Å². The van der Waals surface area contributed by atoms with Crippen molar-refractivity contribution in [1.82, 2.24) is 10.2 Å². The van der Waals surface area contributed by atoms with E-state index in [4.69, 9.17) is 5.73 Å². The molecule has 0 fully saturated rings. The third kappa shape index (κ3) is 4.19. The monoisotopic (exact) mass is 319 g/mol. The number of aromatic nitrogens is 2. The van der Waals surface area contributed by atoms with Gasteiger partial charge in [0.15, 0.2) is 17.5 Å². The molecule has 3 N–H and O–H groups in total. The first-order valence-electron chi connectivity index (χ1n) is 6.47. The van der Waals surface area contributed by atoms with Crippen molar-refractivity contribution >= 4 is 5.91 Å². The van der Waals surface area contributed by atoms with Crippen molar-refractivity contribution in [1.29, 1.82) is 0 Å². The average Bonchev–Trinajstić information content (AvgIpc) is 3.08. The van der Waals surface area contributed by atoms with Crippen LogP contribution in [0, 0.1) is 17.5 Å². The molecule has 0 unspecified atom stereocenters. The van der Waals surface area contributed by atoms with E-state index >= 15 is 0 Å². The molecular formula is C16H12F3N3O. The molecule has 1 aromatic heterocycles. The zero-order valence-electron chi connectivity index (χ0n) is 11.8. The third-order valence-corrected chi connectivity index (χ3v) is 2.87. The maximum absolute atomic E-state index is 12.9. The summed E-state index contributed by atoms with van der Waals surface area (Å²) < 4.78 is 38.5. The van der Waals surface area contributed by atoms with Gasteiger partial charge in [-0.3, -0.25) is 9.89 Å². The van der Waals surface area contributed by atoms with Gasteiger partial charge in [0.05, 0.1) is 11.8 Å². The van der Waals surface area contributed by atoms with Gasteiger partial charge in [-0.05, 0) is 23.3 Å². The number of benzene rings is 2. The number of aromatic amines is 1. The highest BCUT2D eigenvalue weighted by atomic mass is 19.2. The molecule has 0 saturated carbocycles. The summed E-state index contributed by atoms with van der Waals surface area (Å²) in [4.78, 5) is 10.2. The van der Waals surface area contributed by atoms with Gasteiger partial charge in [0.1, 0.15) is 0 Å². The average molecular weight is 319 g/mol. The molecule has 0 spiro atoms. The lowest BCUT2D eigenvalue weighted by atomic mass is 10.1. The fraction of sp³-hybridized carbons (Fsp3) is 0. The Balaban J connectivity index is 0.000000203. The molecule has 1 amide bonds. The molecule has 0 atom stereocenters. The van der Waals surface area contributed by atoms with Gasteiger partial charge >= 0.3 is 0 Å². The first-order chi connectivity index (χ1) is 11.0. The molecule has 7 heteroatoms. The molecule has 1 heterocycles. The van der Waals surface area contributed by atoms with Crippen molar-refractivity contribution in [3.63, 3.8) is 0 Å². The fourth-order valence-electron chi connectivity index (χ4n) is 1.74. The van der Waals surface area contributed by atoms with Crippen LogP contribution in [0.3, 0.4) is 0 Å². The molecule has 4 nitrogen and oxygen atoms in total. The van der Waals surface area contributed by atoms with Gasteiger partial charge in [-0.15, -0.1) is 0 Å². The van der Waals surface area contributed by atoms with Gasteiger partial charge in [0.25, 0.3) is 5.91 Å². The molecule has 3 rings (SSSR count). The second kappa shape index (κ2) is 7.26. The van der Waals surface area contributed by atoms with E-state index in [1.165, 1.54) is 12.4 Å². The molecule has 3 aromatic rings. The van der Waals surface area contributed by atoms with E-state index in [9.17, 15) is 18.0 Å². The summed E-state index contributed by atoms with van der Waals surface area (Å²) in [6.45, 7) is 0. The summed E-state index contributed by atoms with van der Waals surface area (Å²) in [6, 6.07) is 10.6. The van der Waals surface area contributed by atoms with E-state index in [-0.39, 0.29) is 0 Å². The second-order valence-electron chi connectivity index (χ2n) is 4.47. The van der Waals surface area contributed by atoms with Gasteiger partial charge in [-0.25, -0.2) is 13.2 Å². The summed E-state index contributed by atoms with van der Waals surface area (Å²) in [6.07, 6.45) is 2.82. The Hall–Kier alpha value is -3.09. The highest BCUT2D eigenvalue weighted by molar-refractivity contribution is 5.92. The van der Waals surface area contributed by atoms with Crippen molar-refractivity contribution in [3.05, 3.63) is 77.9 Å². The smallest absolute Gasteiger partial charge is 0.251 e. The van der Waals surface area contributed by atoms with Gasteiger partial charge in [-0.1, -0.05) is 30.3 Å². The first kappa shape index (κ1) is 16.3. The molecule has 0 aliphatic heterocycles. The van der Waals surface area contributed by atoms with Crippen molar-refractivity contribution < 1.29 is 18.0 Å². The Morgan fingerprint density at radius 3 is 2.04 bits per heavy atom. The maximum Gasteiger partial charge on any atom is 0.251 e. The van der Waals surface area contributed by atoms with Crippen molar-refractivity contribution in [2.75, 3.05) is 0 Å². The Labute approximate surface area is 129 Å². The molecule has 0 bridgehead atoms. The van der Waals surface area contributed by atoms with Crippen LogP contribution in [0.1, 0.15) is 10.4 Å². The predicted octanol–water partition coefficient (Wildman–Crippen LogP) is 3.28. The lowest BCUT2D eigenvalue weighted by molar-refractivity contribution is 0.100. The number of halogens is 3. The SMILES string of the molecule is Fc1cc(-c2ccccc2)cc(F)c1F.NC(=O)c1cn[nH]c1. The van der Waals surface area contributed by atoms with Crippen LogP contribution in [0.25, 0.3) is 11.1 Å². The minimum atomic E-state index is -1.44. The lowest BCUT2D eigenvalue weighted by Crippen LogP contribution is -2.09. The van der Waals surface area contributed by atoms with E-state index in [1.54, 1.807) is 30.3 Å². The Bertz CT molecular complexity index is 767. The fourth-order valence-corrected chi connectivity index (χ4v) is 1.74. The summed E-state index contributed by atoms with van der Waals surface area (Å²) in [5.41, 5.74) is 6.24. The van der Waals surface area contributed by atoms with Gasteiger partial charge in [0.2, 0.25) is 0 Å². The van der Waals surface area contributed by atoms with Crippen molar-refractivity contribution in [2.24, 2.45) is 5.73 Å². The van der Waals surface area contributed by atoms with Crippen molar-refractivity contribution in [3.8, 4) is 11.1 Å². The highest BCUT2D eigenvalue weighted by Crippen LogP contribution is 2.23. The molecule has 0 aliphatic carbocycles. The Morgan fingerprint density at radius 2 is 1.61 bits per heavy atom. The van der Waals surface area contributed by atoms with Crippen LogP contribution in [0.15, 0.2) is 54.9 Å². The number of nitrogens with zero attached hydrogens (tertiary/aromatic N) is 1. The summed E-state index contributed by atoms with van der Waals surface area (Å²) in [7, 11) is 0. The number of nitrogens with one attached hydrogen (secondary N) is 1. The first-order valence-corrected chi connectivity index (χ1v) is 6.47. The van der Waals surface area contributed by atoms with Gasteiger partial charge in [0, 0.05) is 6.20 Å². The number of carbonyl (C=O) groups is 1. The minimum Gasteiger partial charge on any atom is -0.366 e.